The van der Waals surface area contributed by atoms with Crippen molar-refractivity contribution >= 4 is 17.7 Å². The van der Waals surface area contributed by atoms with Gasteiger partial charge in [-0.3, -0.25) is 4.79 Å². The molecule has 178 valence electrons. The molecule has 0 saturated carbocycles. The molecule has 1 amide bonds. The van der Waals surface area contributed by atoms with Gasteiger partial charge >= 0.3 is 0 Å². The van der Waals surface area contributed by atoms with Crippen molar-refractivity contribution in [2.45, 2.75) is 77.6 Å². The highest BCUT2D eigenvalue weighted by Crippen LogP contribution is 2.25. The molecule has 0 aliphatic carbocycles. The van der Waals surface area contributed by atoms with E-state index in [1.807, 2.05) is 31.3 Å². The van der Waals surface area contributed by atoms with E-state index in [0.29, 0.717) is 13.0 Å². The SMILES string of the molecule is CCOC1=CC(c2ccc[nH]2)=NC1=Cc1ccc(CCCCCCCCCCCC(N)=O)[nH]1. The summed E-state index contributed by atoms with van der Waals surface area (Å²) in [4.78, 5) is 22.2. The number of rotatable bonds is 16. The lowest BCUT2D eigenvalue weighted by Gasteiger charge is -2.04. The minimum absolute atomic E-state index is 0.179. The summed E-state index contributed by atoms with van der Waals surface area (Å²) in [6.45, 7) is 2.60. The van der Waals surface area contributed by atoms with E-state index in [2.05, 4.69) is 28.2 Å². The molecule has 1 aliphatic heterocycles. The number of amides is 1. The van der Waals surface area contributed by atoms with Crippen molar-refractivity contribution in [1.29, 1.82) is 0 Å². The summed E-state index contributed by atoms with van der Waals surface area (Å²) in [6.07, 6.45) is 18.4. The van der Waals surface area contributed by atoms with Crippen molar-refractivity contribution in [3.8, 4) is 0 Å². The van der Waals surface area contributed by atoms with Crippen LogP contribution in [0.4, 0.5) is 0 Å². The number of nitrogens with one attached hydrogen (secondary N) is 2. The summed E-state index contributed by atoms with van der Waals surface area (Å²) in [7, 11) is 0. The fourth-order valence-electron chi connectivity index (χ4n) is 4.11. The second-order valence-electron chi connectivity index (χ2n) is 8.64. The summed E-state index contributed by atoms with van der Waals surface area (Å²) in [6, 6.07) is 8.28. The van der Waals surface area contributed by atoms with Crippen LogP contribution in [-0.4, -0.2) is 28.2 Å². The van der Waals surface area contributed by atoms with Gasteiger partial charge in [0.2, 0.25) is 5.91 Å². The van der Waals surface area contributed by atoms with E-state index in [0.717, 1.165) is 47.8 Å². The van der Waals surface area contributed by atoms with Crippen LogP contribution in [0.2, 0.25) is 0 Å². The fraction of sp³-hybridized carbons (Fsp3) is 0.481. The molecule has 0 bridgehead atoms. The quantitative estimate of drug-likeness (QED) is 0.272. The summed E-state index contributed by atoms with van der Waals surface area (Å²) in [5.41, 5.74) is 10.2. The molecule has 0 spiro atoms. The molecule has 0 unspecified atom stereocenters. The Morgan fingerprint density at radius 3 is 2.42 bits per heavy atom. The van der Waals surface area contributed by atoms with Crippen LogP contribution in [-0.2, 0) is 16.0 Å². The van der Waals surface area contributed by atoms with E-state index in [1.165, 1.54) is 50.6 Å². The predicted octanol–water partition coefficient (Wildman–Crippen LogP) is 6.04. The zero-order valence-electron chi connectivity index (χ0n) is 19.9. The highest BCUT2D eigenvalue weighted by atomic mass is 16.5. The van der Waals surface area contributed by atoms with Gasteiger partial charge in [-0.1, -0.05) is 44.9 Å². The standard InChI is InChI=1S/C27H38N4O2/c1-2-33-26-20-24(23-14-12-18-29-23)31-25(26)19-22-17-16-21(30-22)13-10-8-6-4-3-5-7-9-11-15-27(28)32/h12,14,16-20,29-30H,2-11,13,15H2,1H3,(H2,28,32). The smallest absolute Gasteiger partial charge is 0.217 e. The number of H-pyrrole nitrogens is 2. The molecule has 2 aromatic heterocycles. The summed E-state index contributed by atoms with van der Waals surface area (Å²) in [5.74, 6) is 0.632. The van der Waals surface area contributed by atoms with Crippen molar-refractivity contribution in [3.63, 3.8) is 0 Å². The number of ether oxygens (including phenoxy) is 1. The van der Waals surface area contributed by atoms with E-state index < -0.39 is 0 Å². The Hall–Kier alpha value is -3.02. The summed E-state index contributed by atoms with van der Waals surface area (Å²) in [5, 5.41) is 0. The van der Waals surface area contributed by atoms with Gasteiger partial charge in [0.05, 0.1) is 18.0 Å². The molecule has 2 aromatic rings. The number of aromatic amines is 2. The third-order valence-corrected chi connectivity index (χ3v) is 5.87. The van der Waals surface area contributed by atoms with Gasteiger partial charge in [-0.05, 0) is 56.5 Å². The molecule has 0 radical (unpaired) electrons. The number of nitrogens with zero attached hydrogens (tertiary/aromatic N) is 1. The van der Waals surface area contributed by atoms with Gasteiger partial charge in [0.15, 0.2) is 0 Å². The van der Waals surface area contributed by atoms with E-state index in [9.17, 15) is 4.79 Å². The van der Waals surface area contributed by atoms with Crippen LogP contribution < -0.4 is 5.73 Å². The van der Waals surface area contributed by atoms with Gasteiger partial charge < -0.3 is 20.4 Å². The van der Waals surface area contributed by atoms with Crippen LogP contribution in [0.15, 0.2) is 53.0 Å². The van der Waals surface area contributed by atoms with E-state index in [4.69, 9.17) is 15.5 Å². The van der Waals surface area contributed by atoms with Crippen LogP contribution in [0, 0.1) is 0 Å². The number of carbonyl (C=O) groups is 1. The lowest BCUT2D eigenvalue weighted by Crippen LogP contribution is -2.09. The molecular weight excluding hydrogens is 412 g/mol. The fourth-order valence-corrected chi connectivity index (χ4v) is 4.11. The maximum Gasteiger partial charge on any atom is 0.217 e. The number of aryl methyl sites for hydroxylation is 1. The highest BCUT2D eigenvalue weighted by molar-refractivity contribution is 6.11. The van der Waals surface area contributed by atoms with Crippen LogP contribution in [0.1, 0.15) is 88.2 Å². The molecule has 1 aliphatic rings. The van der Waals surface area contributed by atoms with Crippen molar-refractivity contribution < 1.29 is 9.53 Å². The third-order valence-electron chi connectivity index (χ3n) is 5.87. The number of primary amides is 1. The molecule has 4 N–H and O–H groups in total. The van der Waals surface area contributed by atoms with Gasteiger partial charge in [-0.15, -0.1) is 0 Å². The molecule has 0 fully saturated rings. The van der Waals surface area contributed by atoms with Gasteiger partial charge in [0.25, 0.3) is 0 Å². The maximum absolute atomic E-state index is 10.7. The number of carbonyl (C=O) groups excluding carboxylic acids is 1. The number of allylic oxidation sites excluding steroid dienone is 1. The van der Waals surface area contributed by atoms with Gasteiger partial charge in [-0.25, -0.2) is 4.99 Å². The average Bonchev–Trinajstić information content (AvgIpc) is 3.54. The van der Waals surface area contributed by atoms with Gasteiger partial charge in [-0.2, -0.15) is 0 Å². The topological polar surface area (TPSA) is 96.3 Å². The van der Waals surface area contributed by atoms with E-state index >= 15 is 0 Å². The largest absolute Gasteiger partial charge is 0.492 e. The minimum atomic E-state index is -0.179. The molecule has 0 atom stereocenters. The van der Waals surface area contributed by atoms with Crippen molar-refractivity contribution in [2.24, 2.45) is 10.7 Å². The first-order valence-electron chi connectivity index (χ1n) is 12.4. The van der Waals surface area contributed by atoms with E-state index in [-0.39, 0.29) is 5.91 Å². The Bertz CT molecular complexity index is 951. The highest BCUT2D eigenvalue weighted by Gasteiger charge is 2.17. The van der Waals surface area contributed by atoms with Crippen molar-refractivity contribution in [2.75, 3.05) is 6.61 Å². The second kappa shape index (κ2) is 13.5. The number of hydrogen-bond acceptors (Lipinski definition) is 3. The molecule has 6 heteroatoms. The Kier molecular flexibility index (Phi) is 10.1. The number of nitrogens with two attached hydrogens (primary N) is 1. The molecule has 0 saturated heterocycles. The second-order valence-corrected chi connectivity index (χ2v) is 8.64. The van der Waals surface area contributed by atoms with Crippen LogP contribution >= 0.6 is 0 Å². The van der Waals surface area contributed by atoms with Crippen LogP contribution in [0.3, 0.4) is 0 Å². The average molecular weight is 451 g/mol. The lowest BCUT2D eigenvalue weighted by atomic mass is 10.1. The predicted molar refractivity (Wildman–Crippen MR) is 135 cm³/mol. The zero-order chi connectivity index (χ0) is 23.3. The monoisotopic (exact) mass is 450 g/mol. The summed E-state index contributed by atoms with van der Waals surface area (Å²) < 4.78 is 5.80. The molecule has 6 nitrogen and oxygen atoms in total. The van der Waals surface area contributed by atoms with Crippen molar-refractivity contribution in [1.82, 2.24) is 9.97 Å². The zero-order valence-corrected chi connectivity index (χ0v) is 19.9. The molecule has 0 aromatic carbocycles. The first kappa shape index (κ1) is 24.6. The molecule has 3 rings (SSSR count). The molecular formula is C27H38N4O2. The van der Waals surface area contributed by atoms with Crippen molar-refractivity contribution in [3.05, 3.63) is 65.1 Å². The van der Waals surface area contributed by atoms with Crippen LogP contribution in [0.5, 0.6) is 0 Å². The third kappa shape index (κ3) is 8.44. The molecule has 33 heavy (non-hydrogen) atoms. The summed E-state index contributed by atoms with van der Waals surface area (Å²) >= 11 is 0. The van der Waals surface area contributed by atoms with E-state index in [1.54, 1.807) is 0 Å². The number of aromatic nitrogens is 2. The van der Waals surface area contributed by atoms with Crippen LogP contribution in [0.25, 0.3) is 6.08 Å². The Labute approximate surface area is 197 Å². The normalized spacial score (nSPS) is 14.5. The van der Waals surface area contributed by atoms with Gasteiger partial charge in [0.1, 0.15) is 11.5 Å². The molecule has 3 heterocycles. The van der Waals surface area contributed by atoms with Gasteiger partial charge in [0, 0.05) is 30.1 Å². The minimum Gasteiger partial charge on any atom is -0.492 e. The number of unbranched alkanes of at least 4 members (excludes halogenated alkanes) is 8. The number of hydrogen-bond donors (Lipinski definition) is 3. The lowest BCUT2D eigenvalue weighted by molar-refractivity contribution is -0.118. The first-order valence-corrected chi connectivity index (χ1v) is 12.4. The Morgan fingerprint density at radius 1 is 1.03 bits per heavy atom. The first-order chi connectivity index (χ1) is 16.2. The maximum atomic E-state index is 10.7. The Morgan fingerprint density at radius 2 is 1.76 bits per heavy atom. The Balaban J connectivity index is 1.36. The number of aliphatic imine (C=N–C) groups is 1.